The van der Waals surface area contributed by atoms with Crippen molar-refractivity contribution in [2.75, 3.05) is 17.7 Å². The standard InChI is InChI=1S/C18H14Br2N6O/c1-10-7-13(19)15(14(20)8-10)23-17-24-16(25-18(26-17)27-2)22-12-5-3-11(9-21)4-6-12/h3-8H,1-2H3,(H2,22,23,24,25,26). The van der Waals surface area contributed by atoms with E-state index in [1.54, 1.807) is 24.3 Å². The zero-order chi connectivity index (χ0) is 19.4. The summed E-state index contributed by atoms with van der Waals surface area (Å²) in [6.07, 6.45) is 0. The second-order valence-electron chi connectivity index (χ2n) is 5.51. The first-order valence-corrected chi connectivity index (χ1v) is 9.37. The number of nitriles is 1. The molecular formula is C18H14Br2N6O. The molecule has 3 aromatic rings. The molecule has 1 heterocycles. The lowest BCUT2D eigenvalue weighted by Crippen LogP contribution is -2.06. The Morgan fingerprint density at radius 2 is 1.56 bits per heavy atom. The Balaban J connectivity index is 1.90. The molecule has 0 radical (unpaired) electrons. The average molecular weight is 490 g/mol. The highest BCUT2D eigenvalue weighted by Gasteiger charge is 2.12. The summed E-state index contributed by atoms with van der Waals surface area (Å²) in [6.45, 7) is 2.00. The number of rotatable bonds is 5. The second kappa shape index (κ2) is 8.33. The Bertz CT molecular complexity index is 994. The van der Waals surface area contributed by atoms with Gasteiger partial charge in [0.2, 0.25) is 11.9 Å². The first-order valence-electron chi connectivity index (χ1n) is 7.78. The van der Waals surface area contributed by atoms with Crippen molar-refractivity contribution in [3.8, 4) is 12.1 Å². The molecule has 0 unspecified atom stereocenters. The maximum atomic E-state index is 8.89. The fourth-order valence-corrected chi connectivity index (χ4v) is 3.86. The zero-order valence-electron chi connectivity index (χ0n) is 14.4. The van der Waals surface area contributed by atoms with Crippen LogP contribution in [0, 0.1) is 18.3 Å². The minimum Gasteiger partial charge on any atom is -0.467 e. The van der Waals surface area contributed by atoms with Crippen LogP contribution >= 0.6 is 31.9 Å². The highest BCUT2D eigenvalue weighted by molar-refractivity contribution is 9.11. The van der Waals surface area contributed by atoms with Crippen LogP contribution < -0.4 is 15.4 Å². The molecule has 2 aromatic carbocycles. The molecule has 0 aliphatic rings. The number of methoxy groups -OCH3 is 1. The molecule has 0 fully saturated rings. The van der Waals surface area contributed by atoms with Crippen molar-refractivity contribution in [2.45, 2.75) is 6.92 Å². The molecular weight excluding hydrogens is 476 g/mol. The summed E-state index contributed by atoms with van der Waals surface area (Å²) in [5.41, 5.74) is 3.21. The van der Waals surface area contributed by atoms with Crippen LogP contribution in [0.25, 0.3) is 0 Å². The molecule has 0 atom stereocenters. The number of aromatic nitrogens is 3. The van der Waals surface area contributed by atoms with Crippen LogP contribution in [-0.2, 0) is 0 Å². The smallest absolute Gasteiger partial charge is 0.322 e. The van der Waals surface area contributed by atoms with Gasteiger partial charge in [0.05, 0.1) is 24.4 Å². The van der Waals surface area contributed by atoms with E-state index >= 15 is 0 Å². The Morgan fingerprint density at radius 1 is 0.963 bits per heavy atom. The Labute approximate surface area is 173 Å². The number of hydrogen-bond donors (Lipinski definition) is 2. The summed E-state index contributed by atoms with van der Waals surface area (Å²) in [4.78, 5) is 12.8. The average Bonchev–Trinajstić information content (AvgIpc) is 2.65. The summed E-state index contributed by atoms with van der Waals surface area (Å²) in [6, 6.07) is 13.2. The molecule has 0 aliphatic heterocycles. The zero-order valence-corrected chi connectivity index (χ0v) is 17.6. The van der Waals surface area contributed by atoms with Gasteiger partial charge in [-0.1, -0.05) is 0 Å². The summed E-state index contributed by atoms with van der Waals surface area (Å²) in [7, 11) is 1.49. The van der Waals surface area contributed by atoms with Crippen molar-refractivity contribution in [1.29, 1.82) is 5.26 Å². The lowest BCUT2D eigenvalue weighted by Gasteiger charge is -2.12. The van der Waals surface area contributed by atoms with Crippen LogP contribution in [0.5, 0.6) is 6.01 Å². The molecule has 0 saturated carbocycles. The predicted molar refractivity (Wildman–Crippen MR) is 111 cm³/mol. The maximum absolute atomic E-state index is 8.89. The van der Waals surface area contributed by atoms with Gasteiger partial charge in [0, 0.05) is 14.6 Å². The van der Waals surface area contributed by atoms with Crippen molar-refractivity contribution in [3.63, 3.8) is 0 Å². The third-order valence-corrected chi connectivity index (χ3v) is 4.74. The minimum absolute atomic E-state index is 0.169. The largest absolute Gasteiger partial charge is 0.467 e. The number of hydrogen-bond acceptors (Lipinski definition) is 7. The van der Waals surface area contributed by atoms with Crippen molar-refractivity contribution in [3.05, 3.63) is 56.5 Å². The van der Waals surface area contributed by atoms with E-state index in [4.69, 9.17) is 10.00 Å². The first kappa shape index (κ1) is 19.1. The van der Waals surface area contributed by atoms with Gasteiger partial charge in [-0.05, 0) is 80.7 Å². The molecule has 7 nitrogen and oxygen atoms in total. The van der Waals surface area contributed by atoms with Crippen LogP contribution in [0.1, 0.15) is 11.1 Å². The van der Waals surface area contributed by atoms with Crippen LogP contribution in [0.4, 0.5) is 23.3 Å². The van der Waals surface area contributed by atoms with Gasteiger partial charge in [0.25, 0.3) is 0 Å². The molecule has 1 aromatic heterocycles. The van der Waals surface area contributed by atoms with E-state index in [0.29, 0.717) is 17.5 Å². The molecule has 0 spiro atoms. The van der Waals surface area contributed by atoms with Crippen molar-refractivity contribution in [2.24, 2.45) is 0 Å². The van der Waals surface area contributed by atoms with Gasteiger partial charge < -0.3 is 15.4 Å². The van der Waals surface area contributed by atoms with E-state index < -0.39 is 0 Å². The van der Waals surface area contributed by atoms with E-state index in [1.165, 1.54) is 7.11 Å². The van der Waals surface area contributed by atoms with E-state index in [-0.39, 0.29) is 6.01 Å². The van der Waals surface area contributed by atoms with E-state index in [2.05, 4.69) is 63.5 Å². The molecule has 2 N–H and O–H groups in total. The lowest BCUT2D eigenvalue weighted by molar-refractivity contribution is 0.380. The highest BCUT2D eigenvalue weighted by Crippen LogP contribution is 2.34. The Kier molecular flexibility index (Phi) is 5.88. The molecule has 0 bridgehead atoms. The monoisotopic (exact) mass is 488 g/mol. The molecule has 3 rings (SSSR count). The summed E-state index contributed by atoms with van der Waals surface area (Å²) >= 11 is 7.08. The fourth-order valence-electron chi connectivity index (χ4n) is 2.25. The Hall–Kier alpha value is -2.70. The number of aryl methyl sites for hydroxylation is 1. The maximum Gasteiger partial charge on any atom is 0.322 e. The molecule has 0 aliphatic carbocycles. The van der Waals surface area contributed by atoms with E-state index in [9.17, 15) is 0 Å². The third kappa shape index (κ3) is 4.72. The van der Waals surface area contributed by atoms with Gasteiger partial charge in [-0.25, -0.2) is 0 Å². The Morgan fingerprint density at radius 3 is 2.11 bits per heavy atom. The molecule has 0 saturated heterocycles. The number of ether oxygens (including phenoxy) is 1. The summed E-state index contributed by atoms with van der Waals surface area (Å²) < 4.78 is 6.92. The minimum atomic E-state index is 0.169. The predicted octanol–water partition coefficient (Wildman–Crippen LogP) is 5.07. The van der Waals surface area contributed by atoms with Gasteiger partial charge in [0.1, 0.15) is 0 Å². The van der Waals surface area contributed by atoms with Crippen LogP contribution in [0.15, 0.2) is 45.3 Å². The molecule has 27 heavy (non-hydrogen) atoms. The van der Waals surface area contributed by atoms with Crippen molar-refractivity contribution < 1.29 is 4.74 Å². The topological polar surface area (TPSA) is 95.8 Å². The quantitative estimate of drug-likeness (QED) is 0.516. The van der Waals surface area contributed by atoms with Crippen molar-refractivity contribution >= 4 is 55.1 Å². The fraction of sp³-hybridized carbons (Fsp3) is 0.111. The van der Waals surface area contributed by atoms with E-state index in [0.717, 1.165) is 25.9 Å². The number of nitrogens with one attached hydrogen (secondary N) is 2. The van der Waals surface area contributed by atoms with E-state index in [1.807, 2.05) is 19.1 Å². The van der Waals surface area contributed by atoms with Crippen LogP contribution in [-0.4, -0.2) is 22.1 Å². The molecule has 9 heteroatoms. The normalized spacial score (nSPS) is 10.2. The first-order chi connectivity index (χ1) is 13.0. The van der Waals surface area contributed by atoms with Gasteiger partial charge in [-0.2, -0.15) is 20.2 Å². The second-order valence-corrected chi connectivity index (χ2v) is 7.22. The van der Waals surface area contributed by atoms with Gasteiger partial charge in [0.15, 0.2) is 0 Å². The summed E-state index contributed by atoms with van der Waals surface area (Å²) in [5.74, 6) is 0.636. The highest BCUT2D eigenvalue weighted by atomic mass is 79.9. The molecule has 136 valence electrons. The van der Waals surface area contributed by atoms with Gasteiger partial charge in [-0.3, -0.25) is 0 Å². The number of benzene rings is 2. The number of anilines is 4. The van der Waals surface area contributed by atoms with Gasteiger partial charge in [-0.15, -0.1) is 0 Å². The summed E-state index contributed by atoms with van der Waals surface area (Å²) in [5, 5.41) is 15.1. The lowest BCUT2D eigenvalue weighted by atomic mass is 10.2. The third-order valence-electron chi connectivity index (χ3n) is 3.49. The molecule has 0 amide bonds. The van der Waals surface area contributed by atoms with Crippen LogP contribution in [0.3, 0.4) is 0 Å². The van der Waals surface area contributed by atoms with Crippen molar-refractivity contribution in [1.82, 2.24) is 15.0 Å². The van der Waals surface area contributed by atoms with Crippen LogP contribution in [0.2, 0.25) is 0 Å². The number of nitrogens with zero attached hydrogens (tertiary/aromatic N) is 4. The SMILES string of the molecule is COc1nc(Nc2ccc(C#N)cc2)nc(Nc2c(Br)cc(C)cc2Br)n1. The van der Waals surface area contributed by atoms with Gasteiger partial charge >= 0.3 is 6.01 Å². The number of halogens is 2.